The number of thiophene rings is 1. The Morgan fingerprint density at radius 3 is 2.39 bits per heavy atom. The molecular formula is C20H14N2S. The first-order valence-corrected chi connectivity index (χ1v) is 8.52. The summed E-state index contributed by atoms with van der Waals surface area (Å²) in [4.78, 5) is 4.79. The summed E-state index contributed by atoms with van der Waals surface area (Å²) in [6.45, 7) is 0. The number of hydrogen-bond donors (Lipinski definition) is 1. The van der Waals surface area contributed by atoms with Crippen LogP contribution < -0.4 is 5.32 Å². The summed E-state index contributed by atoms with van der Waals surface area (Å²) >= 11 is 1.84. The van der Waals surface area contributed by atoms with E-state index in [0.29, 0.717) is 0 Å². The average Bonchev–Trinajstić information content (AvgIpc) is 2.94. The lowest BCUT2D eigenvalue weighted by Gasteiger charge is -2.27. The summed E-state index contributed by atoms with van der Waals surface area (Å²) in [5, 5.41) is 6.15. The van der Waals surface area contributed by atoms with Crippen molar-refractivity contribution in [3.05, 3.63) is 83.9 Å². The Hall–Kier alpha value is -2.65. The molecule has 1 aliphatic rings. The van der Waals surface area contributed by atoms with Gasteiger partial charge in [0.2, 0.25) is 0 Å². The van der Waals surface area contributed by atoms with E-state index < -0.39 is 0 Å². The van der Waals surface area contributed by atoms with Gasteiger partial charge in [0.05, 0.1) is 0 Å². The van der Waals surface area contributed by atoms with Crippen molar-refractivity contribution in [2.45, 2.75) is 6.17 Å². The van der Waals surface area contributed by atoms with Crippen molar-refractivity contribution in [2.75, 3.05) is 0 Å². The minimum Gasteiger partial charge on any atom is -0.344 e. The third-order valence-electron chi connectivity index (χ3n) is 4.31. The van der Waals surface area contributed by atoms with Gasteiger partial charge in [-0.15, -0.1) is 11.3 Å². The molecule has 3 heteroatoms. The monoisotopic (exact) mass is 314 g/mol. The third-order valence-corrected chi connectivity index (χ3v) is 5.53. The number of aliphatic imine (C=N–C) groups is 1. The first-order chi connectivity index (χ1) is 11.4. The quantitative estimate of drug-likeness (QED) is 0.547. The van der Waals surface area contributed by atoms with Gasteiger partial charge in [-0.25, -0.2) is 4.99 Å². The number of rotatable bonds is 2. The minimum absolute atomic E-state index is 0.0795. The van der Waals surface area contributed by atoms with Crippen molar-refractivity contribution >= 4 is 37.3 Å². The Morgan fingerprint density at radius 1 is 0.783 bits per heavy atom. The topological polar surface area (TPSA) is 24.4 Å². The Balaban J connectivity index is 1.62. The average molecular weight is 314 g/mol. The molecule has 1 N–H and O–H groups in total. The molecule has 4 aromatic rings. The van der Waals surface area contributed by atoms with Gasteiger partial charge in [0.15, 0.2) is 0 Å². The molecule has 23 heavy (non-hydrogen) atoms. The molecule has 2 nitrogen and oxygen atoms in total. The molecule has 0 amide bonds. The molecule has 3 aromatic carbocycles. The lowest BCUT2D eigenvalue weighted by atomic mass is 10.1. The van der Waals surface area contributed by atoms with Crippen LogP contribution in [0.15, 0.2) is 77.8 Å². The van der Waals surface area contributed by atoms with Gasteiger partial charge in [-0.3, -0.25) is 0 Å². The maximum atomic E-state index is 4.79. The van der Waals surface area contributed by atoms with Crippen LogP contribution in [-0.4, -0.2) is 5.84 Å². The molecule has 0 saturated carbocycles. The molecule has 0 radical (unpaired) electrons. The Bertz CT molecular complexity index is 1050. The summed E-state index contributed by atoms with van der Waals surface area (Å²) in [5.74, 6) is 0.996. The van der Waals surface area contributed by atoms with Gasteiger partial charge >= 0.3 is 0 Å². The molecule has 1 aromatic heterocycles. The molecular weight excluding hydrogens is 300 g/mol. The fourth-order valence-electron chi connectivity index (χ4n) is 3.14. The molecule has 1 atom stereocenters. The van der Waals surface area contributed by atoms with Crippen LogP contribution in [0, 0.1) is 0 Å². The van der Waals surface area contributed by atoms with E-state index in [1.807, 2.05) is 17.4 Å². The highest BCUT2D eigenvalue weighted by Gasteiger charge is 2.24. The molecule has 0 saturated heterocycles. The van der Waals surface area contributed by atoms with E-state index in [4.69, 9.17) is 4.99 Å². The van der Waals surface area contributed by atoms with Crippen LogP contribution >= 0.6 is 11.3 Å². The Kier molecular flexibility index (Phi) is 2.76. The third kappa shape index (κ3) is 1.97. The van der Waals surface area contributed by atoms with Crippen LogP contribution in [0.2, 0.25) is 0 Å². The molecule has 110 valence electrons. The molecule has 5 rings (SSSR count). The van der Waals surface area contributed by atoms with Crippen LogP contribution in [0.1, 0.15) is 17.3 Å². The number of nitrogens with one attached hydrogen (secondary N) is 1. The van der Waals surface area contributed by atoms with Gasteiger partial charge in [0.25, 0.3) is 0 Å². The van der Waals surface area contributed by atoms with Crippen molar-refractivity contribution in [3.8, 4) is 0 Å². The number of fused-ring (bicyclic) bond motifs is 3. The zero-order chi connectivity index (χ0) is 15.2. The second kappa shape index (κ2) is 4.93. The highest BCUT2D eigenvalue weighted by atomic mass is 32.1. The first kappa shape index (κ1) is 12.9. The molecule has 0 aliphatic carbocycles. The lowest BCUT2D eigenvalue weighted by Crippen LogP contribution is -2.38. The highest BCUT2D eigenvalue weighted by Crippen LogP contribution is 2.37. The normalized spacial score (nSPS) is 16.9. The summed E-state index contributed by atoms with van der Waals surface area (Å²) in [6, 6.07) is 25.4. The molecule has 0 spiro atoms. The summed E-state index contributed by atoms with van der Waals surface area (Å²) < 4.78 is 2.64. The van der Waals surface area contributed by atoms with Gasteiger partial charge in [0, 0.05) is 25.7 Å². The SMILES string of the molecule is c1ccc(C2N=C(c3cccc4c3sc3ccccc34)N2)cc1. The van der Waals surface area contributed by atoms with Crippen molar-refractivity contribution in [1.29, 1.82) is 0 Å². The number of benzene rings is 3. The molecule has 0 fully saturated rings. The van der Waals surface area contributed by atoms with Crippen LogP contribution in [-0.2, 0) is 0 Å². The van der Waals surface area contributed by atoms with Crippen LogP contribution in [0.5, 0.6) is 0 Å². The smallest absolute Gasteiger partial charge is 0.148 e. The van der Waals surface area contributed by atoms with Crippen molar-refractivity contribution in [1.82, 2.24) is 5.32 Å². The minimum atomic E-state index is 0.0795. The summed E-state index contributed by atoms with van der Waals surface area (Å²) in [5.41, 5.74) is 2.41. The van der Waals surface area contributed by atoms with Crippen LogP contribution in [0.3, 0.4) is 0 Å². The molecule has 0 bridgehead atoms. The Labute approximate surface area is 138 Å². The van der Waals surface area contributed by atoms with E-state index in [1.54, 1.807) is 0 Å². The fraction of sp³-hybridized carbons (Fsp3) is 0.0500. The molecule has 1 aliphatic heterocycles. The largest absolute Gasteiger partial charge is 0.344 e. The second-order valence-electron chi connectivity index (χ2n) is 5.72. The van der Waals surface area contributed by atoms with Crippen LogP contribution in [0.25, 0.3) is 20.2 Å². The second-order valence-corrected chi connectivity index (χ2v) is 6.77. The maximum absolute atomic E-state index is 4.79. The van der Waals surface area contributed by atoms with E-state index >= 15 is 0 Å². The van der Waals surface area contributed by atoms with E-state index in [-0.39, 0.29) is 6.17 Å². The molecule has 1 unspecified atom stereocenters. The predicted molar refractivity (Wildman–Crippen MR) is 98.2 cm³/mol. The van der Waals surface area contributed by atoms with Gasteiger partial charge in [-0.2, -0.15) is 0 Å². The van der Waals surface area contributed by atoms with Gasteiger partial charge in [-0.1, -0.05) is 60.7 Å². The van der Waals surface area contributed by atoms with E-state index in [9.17, 15) is 0 Å². The van der Waals surface area contributed by atoms with E-state index in [1.165, 1.54) is 31.3 Å². The number of hydrogen-bond acceptors (Lipinski definition) is 3. The van der Waals surface area contributed by atoms with Crippen molar-refractivity contribution < 1.29 is 0 Å². The zero-order valence-electron chi connectivity index (χ0n) is 12.4. The van der Waals surface area contributed by atoms with Crippen molar-refractivity contribution in [3.63, 3.8) is 0 Å². The van der Waals surface area contributed by atoms with Gasteiger partial charge in [-0.05, 0) is 17.7 Å². The predicted octanol–water partition coefficient (Wildman–Crippen LogP) is 5.10. The summed E-state index contributed by atoms with van der Waals surface area (Å²) in [7, 11) is 0. The van der Waals surface area contributed by atoms with Gasteiger partial charge < -0.3 is 5.32 Å². The van der Waals surface area contributed by atoms with Crippen molar-refractivity contribution in [2.24, 2.45) is 4.99 Å². The Morgan fingerprint density at radius 2 is 1.52 bits per heavy atom. The number of amidine groups is 1. The van der Waals surface area contributed by atoms with E-state index in [0.717, 1.165) is 5.84 Å². The highest BCUT2D eigenvalue weighted by molar-refractivity contribution is 7.26. The van der Waals surface area contributed by atoms with E-state index in [2.05, 4.69) is 72.0 Å². The standard InChI is InChI=1S/C20H14N2S/c1-2-7-13(8-3-1)19-21-20(22-19)16-11-6-10-15-14-9-4-5-12-17(14)23-18(15)16/h1-12,19H,(H,21,22). The van der Waals surface area contributed by atoms with Gasteiger partial charge in [0.1, 0.15) is 12.0 Å². The number of nitrogens with zero attached hydrogens (tertiary/aromatic N) is 1. The lowest BCUT2D eigenvalue weighted by molar-refractivity contribution is 0.616. The fourth-order valence-corrected chi connectivity index (χ4v) is 4.35. The first-order valence-electron chi connectivity index (χ1n) is 7.70. The maximum Gasteiger partial charge on any atom is 0.148 e. The summed E-state index contributed by atoms with van der Waals surface area (Å²) in [6.07, 6.45) is 0.0795. The molecule has 2 heterocycles. The van der Waals surface area contributed by atoms with Crippen LogP contribution in [0.4, 0.5) is 0 Å². The zero-order valence-corrected chi connectivity index (χ0v) is 13.2.